The van der Waals surface area contributed by atoms with Gasteiger partial charge >= 0.3 is 0 Å². The van der Waals surface area contributed by atoms with Crippen LogP contribution >= 0.6 is 0 Å². The van der Waals surface area contributed by atoms with Gasteiger partial charge in [0.1, 0.15) is 11.5 Å². The Morgan fingerprint density at radius 3 is 1.65 bits per heavy atom. The molecule has 1 aromatic carbocycles. The van der Waals surface area contributed by atoms with Gasteiger partial charge in [0.25, 0.3) is 0 Å². The van der Waals surface area contributed by atoms with Crippen molar-refractivity contribution >= 4 is 0 Å². The first-order valence-electron chi connectivity index (χ1n) is 11.0. The highest BCUT2D eigenvalue weighted by molar-refractivity contribution is 5.42. The molecule has 0 bridgehead atoms. The Morgan fingerprint density at radius 1 is 0.692 bits per heavy atom. The van der Waals surface area contributed by atoms with Crippen LogP contribution in [0.25, 0.3) is 0 Å². The normalized spacial score (nSPS) is 11.8. The molecule has 0 saturated heterocycles. The summed E-state index contributed by atoms with van der Waals surface area (Å²) < 4.78 is 0. The maximum Gasteiger partial charge on any atom is 0.119 e. The smallest absolute Gasteiger partial charge is 0.119 e. The van der Waals surface area contributed by atoms with E-state index in [4.69, 9.17) is 0 Å². The molecule has 0 amide bonds. The van der Waals surface area contributed by atoms with Gasteiger partial charge in [-0.25, -0.2) is 0 Å². The van der Waals surface area contributed by atoms with Gasteiger partial charge in [-0.05, 0) is 30.0 Å². The number of aromatic hydroxyl groups is 2. The molecule has 0 aliphatic carbocycles. The zero-order valence-corrected chi connectivity index (χ0v) is 17.5. The van der Waals surface area contributed by atoms with Gasteiger partial charge < -0.3 is 10.2 Å². The van der Waals surface area contributed by atoms with Crippen LogP contribution in [-0.2, 0) is 5.41 Å². The molecule has 0 atom stereocenters. The number of phenols is 2. The number of benzene rings is 1. The van der Waals surface area contributed by atoms with E-state index in [2.05, 4.69) is 20.8 Å². The molecule has 2 heteroatoms. The average molecular weight is 363 g/mol. The van der Waals surface area contributed by atoms with E-state index in [1.165, 1.54) is 83.5 Å². The van der Waals surface area contributed by atoms with E-state index in [9.17, 15) is 10.2 Å². The molecule has 0 aliphatic heterocycles. The van der Waals surface area contributed by atoms with E-state index in [0.717, 1.165) is 12.0 Å². The molecule has 0 radical (unpaired) electrons. The van der Waals surface area contributed by atoms with Gasteiger partial charge in [-0.15, -0.1) is 0 Å². The van der Waals surface area contributed by atoms with Crippen LogP contribution in [0.3, 0.4) is 0 Å². The van der Waals surface area contributed by atoms with Crippen LogP contribution < -0.4 is 0 Å². The first-order valence-corrected chi connectivity index (χ1v) is 11.0. The Morgan fingerprint density at radius 2 is 1.15 bits per heavy atom. The number of hydrogen-bond acceptors (Lipinski definition) is 2. The third-order valence-electron chi connectivity index (χ3n) is 5.61. The molecule has 0 saturated carbocycles. The molecule has 0 spiro atoms. The SMILES string of the molecule is CCCCCCCCCCCCCCCC(C)(C)c1cc(O)ccc1O. The van der Waals surface area contributed by atoms with Crippen molar-refractivity contribution in [2.45, 2.75) is 116 Å². The zero-order chi connectivity index (χ0) is 19.3. The van der Waals surface area contributed by atoms with Gasteiger partial charge in [-0.1, -0.05) is 104 Å². The van der Waals surface area contributed by atoms with Crippen molar-refractivity contribution in [2.75, 3.05) is 0 Å². The molecular weight excluding hydrogens is 320 g/mol. The van der Waals surface area contributed by atoms with E-state index >= 15 is 0 Å². The van der Waals surface area contributed by atoms with Crippen LogP contribution in [0, 0.1) is 0 Å². The van der Waals surface area contributed by atoms with Crippen molar-refractivity contribution < 1.29 is 10.2 Å². The fourth-order valence-electron chi connectivity index (χ4n) is 3.79. The molecule has 0 heterocycles. The summed E-state index contributed by atoms with van der Waals surface area (Å²) in [5, 5.41) is 19.7. The van der Waals surface area contributed by atoms with E-state index in [1.807, 2.05) is 0 Å². The highest BCUT2D eigenvalue weighted by atomic mass is 16.3. The summed E-state index contributed by atoms with van der Waals surface area (Å²) in [6.07, 6.45) is 18.8. The predicted molar refractivity (Wildman–Crippen MR) is 113 cm³/mol. The Balaban J connectivity index is 2.04. The number of hydrogen-bond donors (Lipinski definition) is 2. The Bertz CT molecular complexity index is 479. The van der Waals surface area contributed by atoms with Crippen molar-refractivity contribution in [3.8, 4) is 11.5 Å². The highest BCUT2D eigenvalue weighted by Crippen LogP contribution is 2.37. The summed E-state index contributed by atoms with van der Waals surface area (Å²) in [6, 6.07) is 4.84. The second kappa shape index (κ2) is 13.1. The third-order valence-corrected chi connectivity index (χ3v) is 5.61. The van der Waals surface area contributed by atoms with E-state index < -0.39 is 0 Å². The molecular formula is C24H42O2. The lowest BCUT2D eigenvalue weighted by atomic mass is 9.79. The van der Waals surface area contributed by atoms with Crippen LogP contribution in [0.15, 0.2) is 18.2 Å². The fraction of sp³-hybridized carbons (Fsp3) is 0.750. The van der Waals surface area contributed by atoms with Crippen molar-refractivity contribution in [1.29, 1.82) is 0 Å². The molecule has 0 aliphatic rings. The topological polar surface area (TPSA) is 40.5 Å². The third kappa shape index (κ3) is 9.50. The monoisotopic (exact) mass is 362 g/mol. The zero-order valence-electron chi connectivity index (χ0n) is 17.5. The summed E-state index contributed by atoms with van der Waals surface area (Å²) >= 11 is 0. The van der Waals surface area contributed by atoms with Crippen molar-refractivity contribution in [1.82, 2.24) is 0 Å². The fourth-order valence-corrected chi connectivity index (χ4v) is 3.79. The lowest BCUT2D eigenvalue weighted by molar-refractivity contribution is 0.399. The molecule has 2 N–H and O–H groups in total. The predicted octanol–water partition coefficient (Wildman–Crippen LogP) is 7.86. The summed E-state index contributed by atoms with van der Waals surface area (Å²) in [7, 11) is 0. The lowest BCUT2D eigenvalue weighted by Crippen LogP contribution is -2.17. The minimum Gasteiger partial charge on any atom is -0.508 e. The van der Waals surface area contributed by atoms with Crippen LogP contribution in [-0.4, -0.2) is 10.2 Å². The summed E-state index contributed by atoms with van der Waals surface area (Å²) in [5.41, 5.74) is 0.761. The van der Waals surface area contributed by atoms with Crippen LogP contribution in [0.4, 0.5) is 0 Å². The molecule has 0 unspecified atom stereocenters. The van der Waals surface area contributed by atoms with Gasteiger partial charge in [-0.3, -0.25) is 0 Å². The molecule has 26 heavy (non-hydrogen) atoms. The molecule has 2 nitrogen and oxygen atoms in total. The van der Waals surface area contributed by atoms with Gasteiger partial charge in [0.2, 0.25) is 0 Å². The van der Waals surface area contributed by atoms with Gasteiger partial charge in [-0.2, -0.15) is 0 Å². The van der Waals surface area contributed by atoms with Crippen molar-refractivity contribution in [2.24, 2.45) is 0 Å². The second-order valence-electron chi connectivity index (χ2n) is 8.58. The molecule has 0 fully saturated rings. The molecule has 150 valence electrons. The maximum atomic E-state index is 10.1. The first kappa shape index (κ1) is 22.9. The number of rotatable bonds is 15. The number of unbranched alkanes of at least 4 members (excludes halogenated alkanes) is 12. The van der Waals surface area contributed by atoms with E-state index in [0.29, 0.717) is 5.75 Å². The standard InChI is InChI=1S/C24H42O2/c1-4-5-6-7-8-9-10-11-12-13-14-15-16-19-24(2,3)22-20-21(25)17-18-23(22)26/h17-18,20,25-26H,4-16,19H2,1-3H3. The molecule has 1 aromatic rings. The summed E-state index contributed by atoms with van der Waals surface area (Å²) in [4.78, 5) is 0. The van der Waals surface area contributed by atoms with Crippen molar-refractivity contribution in [3.05, 3.63) is 23.8 Å². The lowest BCUT2D eigenvalue weighted by Gasteiger charge is -2.26. The second-order valence-corrected chi connectivity index (χ2v) is 8.58. The summed E-state index contributed by atoms with van der Waals surface area (Å²) in [5.74, 6) is 0.527. The Kier molecular flexibility index (Phi) is 11.5. The minimum absolute atomic E-state index is 0.0966. The van der Waals surface area contributed by atoms with Crippen LogP contribution in [0.1, 0.15) is 116 Å². The van der Waals surface area contributed by atoms with Crippen LogP contribution in [0.5, 0.6) is 11.5 Å². The van der Waals surface area contributed by atoms with Gasteiger partial charge in [0.15, 0.2) is 0 Å². The number of phenolic OH excluding ortho intramolecular Hbond substituents is 2. The maximum absolute atomic E-state index is 10.1. The Labute approximate surface area is 162 Å². The molecule has 0 aromatic heterocycles. The quantitative estimate of drug-likeness (QED) is 0.246. The average Bonchev–Trinajstić information content (AvgIpc) is 2.61. The summed E-state index contributed by atoms with van der Waals surface area (Å²) in [6.45, 7) is 6.58. The highest BCUT2D eigenvalue weighted by Gasteiger charge is 2.23. The largest absolute Gasteiger partial charge is 0.508 e. The van der Waals surface area contributed by atoms with Crippen LogP contribution in [0.2, 0.25) is 0 Å². The van der Waals surface area contributed by atoms with Gasteiger partial charge in [0.05, 0.1) is 0 Å². The first-order chi connectivity index (χ1) is 12.5. The van der Waals surface area contributed by atoms with E-state index in [-0.39, 0.29) is 11.2 Å². The van der Waals surface area contributed by atoms with E-state index in [1.54, 1.807) is 18.2 Å². The molecule has 1 rings (SSSR count). The van der Waals surface area contributed by atoms with Gasteiger partial charge in [0, 0.05) is 5.56 Å². The Hall–Kier alpha value is -1.18. The van der Waals surface area contributed by atoms with Crippen molar-refractivity contribution in [3.63, 3.8) is 0 Å². The minimum atomic E-state index is -0.0966.